The summed E-state index contributed by atoms with van der Waals surface area (Å²) in [4.78, 5) is 48.3. The minimum atomic E-state index is -1.24. The zero-order chi connectivity index (χ0) is 16.0. The van der Waals surface area contributed by atoms with E-state index in [9.17, 15) is 19.2 Å². The maximum absolute atomic E-state index is 11.9. The Morgan fingerprint density at radius 1 is 1.38 bits per heavy atom. The summed E-state index contributed by atoms with van der Waals surface area (Å²) in [5.74, 6) is -2.00. The van der Waals surface area contributed by atoms with Gasteiger partial charge in [-0.05, 0) is 6.42 Å². The number of amides is 3. The number of ether oxygens (including phenoxy) is 1. The fourth-order valence-electron chi connectivity index (χ4n) is 1.79. The molecule has 1 aliphatic rings. The summed E-state index contributed by atoms with van der Waals surface area (Å²) in [6, 6.07) is -1.83. The van der Waals surface area contributed by atoms with Crippen LogP contribution in [0.4, 0.5) is 4.79 Å². The van der Waals surface area contributed by atoms with E-state index in [2.05, 4.69) is 10.1 Å². The van der Waals surface area contributed by atoms with Crippen molar-refractivity contribution < 1.29 is 29.0 Å². The van der Waals surface area contributed by atoms with Crippen molar-refractivity contribution in [2.75, 3.05) is 33.8 Å². The van der Waals surface area contributed by atoms with Gasteiger partial charge in [0.05, 0.1) is 7.11 Å². The summed E-state index contributed by atoms with van der Waals surface area (Å²) in [5.41, 5.74) is 0. The highest BCUT2D eigenvalue weighted by Gasteiger charge is 2.28. The van der Waals surface area contributed by atoms with Crippen molar-refractivity contribution in [1.29, 1.82) is 0 Å². The van der Waals surface area contributed by atoms with Gasteiger partial charge in [-0.3, -0.25) is 9.59 Å². The molecule has 0 aromatic carbocycles. The van der Waals surface area contributed by atoms with Crippen molar-refractivity contribution in [2.45, 2.75) is 18.9 Å². The predicted octanol–water partition coefficient (Wildman–Crippen LogP) is -1.12. The van der Waals surface area contributed by atoms with Crippen LogP contribution in [-0.4, -0.2) is 78.6 Å². The van der Waals surface area contributed by atoms with Gasteiger partial charge in [0.1, 0.15) is 12.6 Å². The number of carboxylic acids is 1. The molecule has 3 amide bonds. The standard InChI is InChI=1S/C12H19N3O6/c1-14-5-6-15(7-9(14)16)12(20)13-8(11(18)19)3-4-10(17)21-2/h8H,3-7H2,1-2H3,(H,13,20)(H,18,19)/t8-/m0/s1. The van der Waals surface area contributed by atoms with Gasteiger partial charge in [-0.1, -0.05) is 0 Å². The molecular weight excluding hydrogens is 282 g/mol. The number of rotatable bonds is 5. The first-order chi connectivity index (χ1) is 9.85. The van der Waals surface area contributed by atoms with Crippen LogP contribution in [-0.2, 0) is 19.1 Å². The lowest BCUT2D eigenvalue weighted by Crippen LogP contribution is -2.55. The van der Waals surface area contributed by atoms with E-state index in [0.717, 1.165) is 0 Å². The van der Waals surface area contributed by atoms with E-state index in [1.807, 2.05) is 0 Å². The second-order valence-corrected chi connectivity index (χ2v) is 4.69. The molecular formula is C12H19N3O6. The average molecular weight is 301 g/mol. The molecule has 0 radical (unpaired) electrons. The third-order valence-corrected chi connectivity index (χ3v) is 3.21. The molecule has 0 spiro atoms. The summed E-state index contributed by atoms with van der Waals surface area (Å²) >= 11 is 0. The Morgan fingerprint density at radius 2 is 2.05 bits per heavy atom. The van der Waals surface area contributed by atoms with Gasteiger partial charge in [-0.15, -0.1) is 0 Å². The number of nitrogens with one attached hydrogen (secondary N) is 1. The smallest absolute Gasteiger partial charge is 0.326 e. The topological polar surface area (TPSA) is 116 Å². The molecule has 1 rings (SSSR count). The van der Waals surface area contributed by atoms with Crippen LogP contribution in [0.25, 0.3) is 0 Å². The third-order valence-electron chi connectivity index (χ3n) is 3.21. The molecule has 1 aliphatic heterocycles. The molecule has 0 unspecified atom stereocenters. The predicted molar refractivity (Wildman–Crippen MR) is 70.4 cm³/mol. The first-order valence-electron chi connectivity index (χ1n) is 6.44. The largest absolute Gasteiger partial charge is 0.480 e. The van der Waals surface area contributed by atoms with Crippen molar-refractivity contribution in [3.8, 4) is 0 Å². The minimum absolute atomic E-state index is 0.0740. The molecule has 0 aliphatic carbocycles. The van der Waals surface area contributed by atoms with Gasteiger partial charge in [-0.25, -0.2) is 9.59 Å². The van der Waals surface area contributed by atoms with Crippen LogP contribution in [0.2, 0.25) is 0 Å². The van der Waals surface area contributed by atoms with Gasteiger partial charge in [0, 0.05) is 26.6 Å². The van der Waals surface area contributed by atoms with Crippen molar-refractivity contribution in [3.05, 3.63) is 0 Å². The summed E-state index contributed by atoms with van der Waals surface area (Å²) in [5, 5.41) is 11.3. The maximum atomic E-state index is 11.9. The normalized spacial score (nSPS) is 16.4. The van der Waals surface area contributed by atoms with Crippen LogP contribution < -0.4 is 5.32 Å². The fraction of sp³-hybridized carbons (Fsp3) is 0.667. The second kappa shape index (κ2) is 7.46. The van der Waals surface area contributed by atoms with Crippen LogP contribution in [0.3, 0.4) is 0 Å². The Kier molecular flexibility index (Phi) is 5.94. The minimum Gasteiger partial charge on any atom is -0.480 e. The second-order valence-electron chi connectivity index (χ2n) is 4.69. The molecule has 1 saturated heterocycles. The molecule has 118 valence electrons. The summed E-state index contributed by atoms with van der Waals surface area (Å²) in [7, 11) is 2.83. The molecule has 2 N–H and O–H groups in total. The number of methoxy groups -OCH3 is 1. The molecule has 0 aromatic rings. The number of carbonyl (C=O) groups excluding carboxylic acids is 3. The van der Waals surface area contributed by atoms with Crippen LogP contribution in [0, 0.1) is 0 Å². The van der Waals surface area contributed by atoms with Crippen LogP contribution in [0.1, 0.15) is 12.8 Å². The Balaban J connectivity index is 2.54. The molecule has 1 fully saturated rings. The summed E-state index contributed by atoms with van der Waals surface area (Å²) < 4.78 is 4.42. The summed E-state index contributed by atoms with van der Waals surface area (Å²) in [6.07, 6.45) is -0.190. The van der Waals surface area contributed by atoms with E-state index < -0.39 is 24.0 Å². The SMILES string of the molecule is COC(=O)CC[C@H](NC(=O)N1CCN(C)C(=O)C1)C(=O)O. The van der Waals surface area contributed by atoms with E-state index in [-0.39, 0.29) is 25.3 Å². The van der Waals surface area contributed by atoms with Gasteiger partial charge >= 0.3 is 18.0 Å². The van der Waals surface area contributed by atoms with E-state index in [1.54, 1.807) is 7.05 Å². The van der Waals surface area contributed by atoms with Gasteiger partial charge in [0.25, 0.3) is 0 Å². The van der Waals surface area contributed by atoms with Gasteiger partial charge in [0.2, 0.25) is 5.91 Å². The highest BCUT2D eigenvalue weighted by Crippen LogP contribution is 2.04. The van der Waals surface area contributed by atoms with Crippen LogP contribution in [0.15, 0.2) is 0 Å². The fourth-order valence-corrected chi connectivity index (χ4v) is 1.79. The Morgan fingerprint density at radius 3 is 2.57 bits per heavy atom. The zero-order valence-corrected chi connectivity index (χ0v) is 12.0. The van der Waals surface area contributed by atoms with Crippen molar-refractivity contribution >= 4 is 23.9 Å². The number of aliphatic carboxylic acids is 1. The molecule has 1 atom stereocenters. The quantitative estimate of drug-likeness (QED) is 0.621. The van der Waals surface area contributed by atoms with Crippen molar-refractivity contribution in [2.24, 2.45) is 0 Å². The van der Waals surface area contributed by atoms with Gasteiger partial charge in [0.15, 0.2) is 0 Å². The number of likely N-dealkylation sites (N-methyl/N-ethyl adjacent to an activating group) is 1. The molecule has 9 heteroatoms. The van der Waals surface area contributed by atoms with E-state index in [4.69, 9.17) is 5.11 Å². The van der Waals surface area contributed by atoms with Crippen molar-refractivity contribution in [1.82, 2.24) is 15.1 Å². The van der Waals surface area contributed by atoms with Gasteiger partial charge < -0.3 is 25.0 Å². The highest BCUT2D eigenvalue weighted by molar-refractivity contribution is 5.87. The van der Waals surface area contributed by atoms with Crippen LogP contribution in [0.5, 0.6) is 0 Å². The Hall–Kier alpha value is -2.32. The van der Waals surface area contributed by atoms with E-state index in [1.165, 1.54) is 16.9 Å². The maximum Gasteiger partial charge on any atom is 0.326 e. The first-order valence-corrected chi connectivity index (χ1v) is 6.44. The Labute approximate surface area is 121 Å². The summed E-state index contributed by atoms with van der Waals surface area (Å²) in [6.45, 7) is 0.634. The molecule has 9 nitrogen and oxygen atoms in total. The highest BCUT2D eigenvalue weighted by atomic mass is 16.5. The molecule has 21 heavy (non-hydrogen) atoms. The molecule has 0 bridgehead atoms. The monoisotopic (exact) mass is 301 g/mol. The lowest BCUT2D eigenvalue weighted by molar-refractivity contribution is -0.142. The van der Waals surface area contributed by atoms with E-state index in [0.29, 0.717) is 13.1 Å². The zero-order valence-electron chi connectivity index (χ0n) is 12.0. The number of hydrogen-bond acceptors (Lipinski definition) is 5. The third kappa shape index (κ3) is 4.93. The number of carbonyl (C=O) groups is 4. The average Bonchev–Trinajstić information content (AvgIpc) is 2.45. The number of piperazine rings is 1. The molecule has 0 aromatic heterocycles. The lowest BCUT2D eigenvalue weighted by atomic mass is 10.1. The number of urea groups is 1. The number of carboxylic acid groups (broad SMARTS) is 1. The molecule has 1 heterocycles. The van der Waals surface area contributed by atoms with E-state index >= 15 is 0 Å². The Bertz CT molecular complexity index is 439. The van der Waals surface area contributed by atoms with Crippen molar-refractivity contribution in [3.63, 3.8) is 0 Å². The van der Waals surface area contributed by atoms with Gasteiger partial charge in [-0.2, -0.15) is 0 Å². The number of nitrogens with zero attached hydrogens (tertiary/aromatic N) is 2. The van der Waals surface area contributed by atoms with Crippen LogP contribution >= 0.6 is 0 Å². The lowest BCUT2D eigenvalue weighted by Gasteiger charge is -2.32. The molecule has 0 saturated carbocycles. The first kappa shape index (κ1) is 16.7. The number of hydrogen-bond donors (Lipinski definition) is 2. The number of esters is 1.